The van der Waals surface area contributed by atoms with Crippen LogP contribution in [0, 0.1) is 12.8 Å². The number of aromatic hydroxyl groups is 1. The Labute approximate surface area is 169 Å². The molecule has 1 amide bonds. The third kappa shape index (κ3) is 5.14. The zero-order valence-corrected chi connectivity index (χ0v) is 19.2. The minimum Gasteiger partial charge on any atom is -0.507 e. The van der Waals surface area contributed by atoms with Crippen molar-refractivity contribution < 1.29 is 19.1 Å². The summed E-state index contributed by atoms with van der Waals surface area (Å²) in [6.07, 6.45) is 1.16. The average Bonchev–Trinajstić information content (AvgIpc) is 2.58. The van der Waals surface area contributed by atoms with Crippen LogP contribution in [0.5, 0.6) is 11.5 Å². The molecule has 1 aliphatic rings. The Morgan fingerprint density at radius 2 is 1.96 bits per heavy atom. The highest BCUT2D eigenvalue weighted by Gasteiger charge is 2.36. The number of hydrogen-bond donors (Lipinski definition) is 2. The third-order valence-electron chi connectivity index (χ3n) is 5.73. The van der Waals surface area contributed by atoms with Crippen LogP contribution in [0.15, 0.2) is 17.2 Å². The van der Waals surface area contributed by atoms with Crippen molar-refractivity contribution in [3.05, 3.63) is 23.3 Å². The maximum Gasteiger partial charge on any atom is 0.240 e. The number of amides is 1. The molecule has 0 saturated carbocycles. The van der Waals surface area contributed by atoms with E-state index in [4.69, 9.17) is 9.16 Å². The van der Waals surface area contributed by atoms with Gasteiger partial charge in [-0.05, 0) is 37.2 Å². The molecule has 0 aromatic heterocycles. The molecule has 1 aromatic rings. The number of hydrazone groups is 1. The molecule has 1 unspecified atom stereocenters. The van der Waals surface area contributed by atoms with Gasteiger partial charge in [0.15, 0.2) is 8.32 Å². The average molecular weight is 407 g/mol. The highest BCUT2D eigenvalue weighted by molar-refractivity contribution is 6.74. The van der Waals surface area contributed by atoms with Gasteiger partial charge >= 0.3 is 0 Å². The molecule has 6 nitrogen and oxygen atoms in total. The Morgan fingerprint density at radius 1 is 1.29 bits per heavy atom. The number of carbonyl (C=O) groups is 1. The predicted octanol–water partition coefficient (Wildman–Crippen LogP) is 4.35. The molecule has 0 radical (unpaired) electrons. The summed E-state index contributed by atoms with van der Waals surface area (Å²) in [5.74, 6) is 0.657. The molecule has 0 fully saturated rings. The van der Waals surface area contributed by atoms with Crippen molar-refractivity contribution in [3.63, 3.8) is 0 Å². The molecule has 0 bridgehead atoms. The summed E-state index contributed by atoms with van der Waals surface area (Å²) in [7, 11) is -1.73. The normalized spacial score (nSPS) is 17.9. The number of nitrogens with zero attached hydrogens (tertiary/aromatic N) is 1. The third-order valence-corrected chi connectivity index (χ3v) is 10.3. The largest absolute Gasteiger partial charge is 0.507 e. The first-order chi connectivity index (χ1) is 12.9. The molecule has 1 heterocycles. The lowest BCUT2D eigenvalue weighted by molar-refractivity contribution is -0.121. The lowest BCUT2D eigenvalue weighted by atomic mass is 9.92. The summed E-state index contributed by atoms with van der Waals surface area (Å²) in [4.78, 5) is 11.4. The van der Waals surface area contributed by atoms with Crippen molar-refractivity contribution in [3.8, 4) is 11.5 Å². The zero-order valence-electron chi connectivity index (χ0n) is 18.2. The number of benzene rings is 1. The second-order valence-electron chi connectivity index (χ2n) is 9.03. The van der Waals surface area contributed by atoms with Gasteiger partial charge in [-0.25, -0.2) is 5.43 Å². The first-order valence-corrected chi connectivity index (χ1v) is 12.8. The minimum absolute atomic E-state index is 0.0432. The minimum atomic E-state index is -1.73. The van der Waals surface area contributed by atoms with Gasteiger partial charge in [-0.3, -0.25) is 4.79 Å². The topological polar surface area (TPSA) is 80.2 Å². The fraction of sp³-hybridized carbons (Fsp3) is 0.619. The number of hydrogen-bond acceptors (Lipinski definition) is 5. The van der Waals surface area contributed by atoms with E-state index in [0.29, 0.717) is 42.2 Å². The lowest BCUT2D eigenvalue weighted by Crippen LogP contribution is -2.41. The molecule has 2 N–H and O–H groups in total. The van der Waals surface area contributed by atoms with Crippen LogP contribution in [0.4, 0.5) is 0 Å². The molecule has 1 aliphatic heterocycles. The summed E-state index contributed by atoms with van der Waals surface area (Å²) in [6, 6.07) is 3.65. The fourth-order valence-electron chi connectivity index (χ4n) is 2.81. The molecule has 7 heteroatoms. The van der Waals surface area contributed by atoms with Crippen molar-refractivity contribution >= 4 is 19.9 Å². The maximum absolute atomic E-state index is 11.4. The molecule has 1 aromatic carbocycles. The molecule has 28 heavy (non-hydrogen) atoms. The summed E-state index contributed by atoms with van der Waals surface area (Å²) in [6.45, 7) is 16.1. The zero-order chi connectivity index (χ0) is 21.1. The first kappa shape index (κ1) is 22.4. The molecule has 0 saturated heterocycles. The van der Waals surface area contributed by atoms with E-state index in [1.54, 1.807) is 6.07 Å². The van der Waals surface area contributed by atoms with E-state index in [1.807, 2.05) is 19.9 Å². The number of ether oxygens (including phenoxy) is 1. The maximum atomic E-state index is 11.4. The summed E-state index contributed by atoms with van der Waals surface area (Å²) < 4.78 is 12.0. The van der Waals surface area contributed by atoms with E-state index in [9.17, 15) is 9.90 Å². The van der Waals surface area contributed by atoms with Gasteiger partial charge in [-0.2, -0.15) is 5.10 Å². The van der Waals surface area contributed by atoms with Crippen LogP contribution in [0.3, 0.4) is 0 Å². The van der Waals surface area contributed by atoms with E-state index in [0.717, 1.165) is 6.42 Å². The van der Waals surface area contributed by atoms with Crippen molar-refractivity contribution in [1.29, 1.82) is 0 Å². The van der Waals surface area contributed by atoms with Gasteiger partial charge < -0.3 is 14.3 Å². The molecule has 1 atom stereocenters. The molecular weight excluding hydrogens is 372 g/mol. The Bertz CT molecular complexity index is 754. The molecule has 2 rings (SSSR count). The summed E-state index contributed by atoms with van der Waals surface area (Å²) in [5.41, 5.74) is 4.49. The van der Waals surface area contributed by atoms with Gasteiger partial charge in [0.2, 0.25) is 5.91 Å². The molecule has 0 aliphatic carbocycles. The Kier molecular flexibility index (Phi) is 6.93. The van der Waals surface area contributed by atoms with Crippen LogP contribution in [0.2, 0.25) is 18.1 Å². The van der Waals surface area contributed by atoms with Crippen LogP contribution in [0.25, 0.3) is 0 Å². The fourth-order valence-corrected chi connectivity index (χ4v) is 3.90. The van der Waals surface area contributed by atoms with Crippen LogP contribution >= 0.6 is 0 Å². The van der Waals surface area contributed by atoms with Crippen LogP contribution < -0.4 is 10.2 Å². The van der Waals surface area contributed by atoms with Gasteiger partial charge in [0.1, 0.15) is 11.5 Å². The highest BCUT2D eigenvalue weighted by Crippen LogP contribution is 2.36. The number of nitrogens with one attached hydrogen (secondary N) is 1. The smallest absolute Gasteiger partial charge is 0.240 e. The number of phenols is 1. The monoisotopic (exact) mass is 406 g/mol. The first-order valence-electron chi connectivity index (χ1n) is 9.90. The lowest BCUT2D eigenvalue weighted by Gasteiger charge is -2.36. The van der Waals surface area contributed by atoms with E-state index >= 15 is 0 Å². The second kappa shape index (κ2) is 8.65. The number of rotatable bonds is 7. The van der Waals surface area contributed by atoms with Gasteiger partial charge in [-0.1, -0.05) is 27.7 Å². The Balaban J connectivity index is 1.96. The van der Waals surface area contributed by atoms with Crippen LogP contribution in [-0.2, 0) is 9.22 Å². The SMILES string of the molecule is Cc1c(OCCCO[Si](C)(C)C(C)(C)C)ccc(C2=NNC(=O)CC2C)c1O. The summed E-state index contributed by atoms with van der Waals surface area (Å²) >= 11 is 0. The van der Waals surface area contributed by atoms with E-state index in [1.165, 1.54) is 0 Å². The van der Waals surface area contributed by atoms with Gasteiger partial charge in [0, 0.05) is 36.5 Å². The molecule has 156 valence electrons. The number of carbonyl (C=O) groups excluding carboxylic acids is 1. The Hall–Kier alpha value is -1.86. The second-order valence-corrected chi connectivity index (χ2v) is 13.8. The summed E-state index contributed by atoms with van der Waals surface area (Å²) in [5, 5.41) is 14.9. The van der Waals surface area contributed by atoms with Crippen molar-refractivity contribution in [2.24, 2.45) is 11.0 Å². The Morgan fingerprint density at radius 3 is 2.57 bits per heavy atom. The van der Waals surface area contributed by atoms with Crippen molar-refractivity contribution in [2.45, 2.75) is 65.6 Å². The van der Waals surface area contributed by atoms with E-state index in [2.05, 4.69) is 44.4 Å². The van der Waals surface area contributed by atoms with E-state index in [-0.39, 0.29) is 22.6 Å². The van der Waals surface area contributed by atoms with Crippen LogP contribution in [0.1, 0.15) is 51.7 Å². The highest BCUT2D eigenvalue weighted by atomic mass is 28.4. The standard InChI is InChI=1S/C21H34N2O4Si/c1-14-13-18(24)22-23-19(14)16-9-10-17(15(2)20(16)25)26-11-8-12-27-28(6,7)21(3,4)5/h9-10,14,25H,8,11-13H2,1-7H3,(H,22,24). The van der Waals surface area contributed by atoms with E-state index < -0.39 is 8.32 Å². The predicted molar refractivity (Wildman–Crippen MR) is 115 cm³/mol. The van der Waals surface area contributed by atoms with Crippen molar-refractivity contribution in [2.75, 3.05) is 13.2 Å². The van der Waals surface area contributed by atoms with Gasteiger partial charge in [0.05, 0.1) is 12.3 Å². The quantitative estimate of drug-likeness (QED) is 0.521. The van der Waals surface area contributed by atoms with Crippen LogP contribution in [-0.4, -0.2) is 38.3 Å². The van der Waals surface area contributed by atoms with Crippen molar-refractivity contribution in [1.82, 2.24) is 5.43 Å². The van der Waals surface area contributed by atoms with Gasteiger partial charge in [-0.15, -0.1) is 0 Å². The van der Waals surface area contributed by atoms with Gasteiger partial charge in [0.25, 0.3) is 0 Å². The molecular formula is C21H34N2O4Si. The number of phenolic OH excluding ortho intramolecular Hbond substituents is 1. The molecule has 0 spiro atoms.